The third kappa shape index (κ3) is 4.05. The summed E-state index contributed by atoms with van der Waals surface area (Å²) in [5.74, 6) is 0. The number of hydrogen-bond donors (Lipinski definition) is 1. The van der Waals surface area contributed by atoms with E-state index in [0.717, 1.165) is 5.56 Å². The Balaban J connectivity index is 2.53. The lowest BCUT2D eigenvalue weighted by Crippen LogP contribution is -2.19. The van der Waals surface area contributed by atoms with Gasteiger partial charge in [0.1, 0.15) is 12.7 Å². The molecule has 1 unspecified atom stereocenters. The van der Waals surface area contributed by atoms with Crippen LogP contribution < -0.4 is 3.53 Å². The minimum atomic E-state index is -0.464. The van der Waals surface area contributed by atoms with E-state index in [1.165, 1.54) is 0 Å². The molecular formula is C10H12INO3. The van der Waals surface area contributed by atoms with E-state index < -0.39 is 6.09 Å². The molecule has 1 rings (SSSR count). The fraction of sp³-hybridized carbons (Fsp3) is 0.300. The first-order chi connectivity index (χ1) is 7.27. The van der Waals surface area contributed by atoms with Gasteiger partial charge in [0.25, 0.3) is 0 Å². The molecule has 0 aliphatic heterocycles. The Morgan fingerprint density at radius 1 is 1.47 bits per heavy atom. The van der Waals surface area contributed by atoms with Crippen LogP contribution >= 0.6 is 22.9 Å². The van der Waals surface area contributed by atoms with Crippen LogP contribution in [0.2, 0.25) is 0 Å². The Morgan fingerprint density at radius 2 is 2.13 bits per heavy atom. The van der Waals surface area contributed by atoms with Crippen LogP contribution in [0.25, 0.3) is 0 Å². The molecule has 0 aromatic heterocycles. The summed E-state index contributed by atoms with van der Waals surface area (Å²) >= 11 is 1.72. The van der Waals surface area contributed by atoms with E-state index in [1.807, 2.05) is 30.3 Å². The molecule has 1 atom stereocenters. The van der Waals surface area contributed by atoms with Gasteiger partial charge in [0.2, 0.25) is 0 Å². The number of amides is 1. The number of rotatable bonds is 4. The standard InChI is InChI=1S/C10H12INO3/c1-14-9(7-15-10(13)12-11)8-5-3-2-4-6-8/h2-6,9H,7H2,1H3,(H,12,13). The van der Waals surface area contributed by atoms with Gasteiger partial charge >= 0.3 is 6.09 Å². The maximum Gasteiger partial charge on any atom is 0.416 e. The molecule has 0 saturated heterocycles. The average Bonchev–Trinajstić information content (AvgIpc) is 2.31. The quantitative estimate of drug-likeness (QED) is 0.684. The van der Waals surface area contributed by atoms with E-state index in [4.69, 9.17) is 9.47 Å². The SMILES string of the molecule is COC(COC(=O)NI)c1ccccc1. The molecule has 0 aliphatic rings. The van der Waals surface area contributed by atoms with Gasteiger partial charge in [-0.3, -0.25) is 3.53 Å². The van der Waals surface area contributed by atoms with Crippen molar-refractivity contribution >= 4 is 29.0 Å². The van der Waals surface area contributed by atoms with Crippen molar-refractivity contribution in [1.29, 1.82) is 0 Å². The van der Waals surface area contributed by atoms with Gasteiger partial charge in [-0.25, -0.2) is 4.79 Å². The molecule has 0 aliphatic carbocycles. The summed E-state index contributed by atoms with van der Waals surface area (Å²) < 4.78 is 12.5. The number of carbonyl (C=O) groups is 1. The highest BCUT2D eigenvalue weighted by molar-refractivity contribution is 14.1. The summed E-state index contributed by atoms with van der Waals surface area (Å²) in [6.45, 7) is 0.204. The van der Waals surface area contributed by atoms with Gasteiger partial charge in [0, 0.05) is 7.11 Å². The monoisotopic (exact) mass is 321 g/mol. The van der Waals surface area contributed by atoms with Crippen LogP contribution in [0.15, 0.2) is 30.3 Å². The van der Waals surface area contributed by atoms with Gasteiger partial charge in [-0.05, 0) is 5.56 Å². The minimum absolute atomic E-state index is 0.204. The Labute approximate surface area is 102 Å². The van der Waals surface area contributed by atoms with Crippen LogP contribution in [0, 0.1) is 0 Å². The second-order valence-electron chi connectivity index (χ2n) is 2.83. The first-order valence-corrected chi connectivity index (χ1v) is 5.47. The predicted octanol–water partition coefficient (Wildman–Crippen LogP) is 2.45. The smallest absolute Gasteiger partial charge is 0.416 e. The number of hydrogen-bond acceptors (Lipinski definition) is 3. The molecule has 0 bridgehead atoms. The average molecular weight is 321 g/mol. The van der Waals surface area contributed by atoms with Crippen molar-refractivity contribution in [2.24, 2.45) is 0 Å². The predicted molar refractivity (Wildman–Crippen MR) is 64.7 cm³/mol. The number of methoxy groups -OCH3 is 1. The van der Waals surface area contributed by atoms with Crippen molar-refractivity contribution in [1.82, 2.24) is 3.53 Å². The van der Waals surface area contributed by atoms with Crippen molar-refractivity contribution in [2.75, 3.05) is 13.7 Å². The molecule has 0 radical (unpaired) electrons. The number of ether oxygens (including phenoxy) is 2. The van der Waals surface area contributed by atoms with Gasteiger partial charge in [-0.1, -0.05) is 30.3 Å². The number of carbonyl (C=O) groups excluding carboxylic acids is 1. The number of nitrogens with one attached hydrogen (secondary N) is 1. The maximum absolute atomic E-state index is 10.9. The lowest BCUT2D eigenvalue weighted by molar-refractivity contribution is 0.0366. The molecule has 1 amide bonds. The van der Waals surface area contributed by atoms with Crippen molar-refractivity contribution < 1.29 is 14.3 Å². The van der Waals surface area contributed by atoms with Crippen LogP contribution in [0.4, 0.5) is 4.79 Å². The van der Waals surface area contributed by atoms with Crippen molar-refractivity contribution in [3.63, 3.8) is 0 Å². The third-order valence-electron chi connectivity index (χ3n) is 1.90. The van der Waals surface area contributed by atoms with Gasteiger partial charge in [-0.2, -0.15) is 0 Å². The molecular weight excluding hydrogens is 309 g/mol. The molecule has 0 heterocycles. The molecule has 1 aromatic rings. The Hall–Kier alpha value is -0.820. The van der Waals surface area contributed by atoms with E-state index in [1.54, 1.807) is 30.0 Å². The highest BCUT2D eigenvalue weighted by atomic mass is 127. The van der Waals surface area contributed by atoms with Crippen molar-refractivity contribution in [2.45, 2.75) is 6.10 Å². The van der Waals surface area contributed by atoms with Crippen molar-refractivity contribution in [3.8, 4) is 0 Å². The summed E-state index contributed by atoms with van der Waals surface area (Å²) in [4.78, 5) is 10.9. The molecule has 1 N–H and O–H groups in total. The second-order valence-corrected chi connectivity index (χ2v) is 3.37. The highest BCUT2D eigenvalue weighted by Crippen LogP contribution is 2.16. The van der Waals surface area contributed by atoms with Crippen LogP contribution in [0.5, 0.6) is 0 Å². The Kier molecular flexibility index (Phi) is 5.41. The Bertz CT molecular complexity index is 305. The normalized spacial score (nSPS) is 11.9. The van der Waals surface area contributed by atoms with Crippen LogP contribution in [-0.4, -0.2) is 19.8 Å². The molecule has 5 heteroatoms. The van der Waals surface area contributed by atoms with E-state index in [-0.39, 0.29) is 12.7 Å². The van der Waals surface area contributed by atoms with E-state index in [2.05, 4.69) is 3.53 Å². The molecule has 0 spiro atoms. The summed E-state index contributed by atoms with van der Waals surface area (Å²) in [7, 11) is 1.59. The van der Waals surface area contributed by atoms with Gasteiger partial charge in [0.05, 0.1) is 22.9 Å². The van der Waals surface area contributed by atoms with Crippen LogP contribution in [-0.2, 0) is 9.47 Å². The number of halogens is 1. The van der Waals surface area contributed by atoms with Gasteiger partial charge < -0.3 is 9.47 Å². The van der Waals surface area contributed by atoms with Crippen LogP contribution in [0.3, 0.4) is 0 Å². The lowest BCUT2D eigenvalue weighted by atomic mass is 10.1. The number of benzene rings is 1. The van der Waals surface area contributed by atoms with Crippen LogP contribution in [0.1, 0.15) is 11.7 Å². The molecule has 82 valence electrons. The zero-order valence-corrected chi connectivity index (χ0v) is 10.4. The minimum Gasteiger partial charge on any atom is -0.446 e. The third-order valence-corrected chi connectivity index (χ3v) is 2.34. The first-order valence-electron chi connectivity index (χ1n) is 4.39. The summed E-state index contributed by atoms with van der Waals surface area (Å²) in [5.41, 5.74) is 0.987. The fourth-order valence-electron chi connectivity index (χ4n) is 1.15. The second kappa shape index (κ2) is 6.62. The van der Waals surface area contributed by atoms with Gasteiger partial charge in [0.15, 0.2) is 0 Å². The highest BCUT2D eigenvalue weighted by Gasteiger charge is 2.12. The molecule has 4 nitrogen and oxygen atoms in total. The molecule has 15 heavy (non-hydrogen) atoms. The van der Waals surface area contributed by atoms with E-state index in [9.17, 15) is 4.79 Å². The summed E-state index contributed by atoms with van der Waals surface area (Å²) in [6, 6.07) is 9.62. The van der Waals surface area contributed by atoms with Gasteiger partial charge in [-0.15, -0.1) is 0 Å². The molecule has 0 saturated carbocycles. The Morgan fingerprint density at radius 3 is 2.67 bits per heavy atom. The van der Waals surface area contributed by atoms with E-state index in [0.29, 0.717) is 0 Å². The zero-order chi connectivity index (χ0) is 11.1. The summed E-state index contributed by atoms with van der Waals surface area (Å²) in [5, 5.41) is 0. The zero-order valence-electron chi connectivity index (χ0n) is 8.27. The van der Waals surface area contributed by atoms with Crippen molar-refractivity contribution in [3.05, 3.63) is 35.9 Å². The maximum atomic E-state index is 10.9. The largest absolute Gasteiger partial charge is 0.446 e. The first kappa shape index (κ1) is 12.3. The topological polar surface area (TPSA) is 47.6 Å². The summed E-state index contributed by atoms with van der Waals surface area (Å²) in [6.07, 6.45) is -0.687. The molecule has 1 aromatic carbocycles. The lowest BCUT2D eigenvalue weighted by Gasteiger charge is -2.15. The fourth-order valence-corrected chi connectivity index (χ4v) is 1.30. The van der Waals surface area contributed by atoms with E-state index >= 15 is 0 Å². The molecule has 0 fully saturated rings.